The van der Waals surface area contributed by atoms with Crippen molar-refractivity contribution in [3.63, 3.8) is 0 Å². The Kier molecular flexibility index (Phi) is 5.43. The molecule has 5 heteroatoms. The first-order valence-electron chi connectivity index (χ1n) is 5.29. The molecule has 0 bridgehead atoms. The number of rotatable bonds is 7. The fraction of sp³-hybridized carbons (Fsp3) is 0.250. The molecule has 0 aliphatic heterocycles. The third-order valence-corrected chi connectivity index (χ3v) is 2.09. The summed E-state index contributed by atoms with van der Waals surface area (Å²) in [5.41, 5.74) is 3.30. The van der Waals surface area contributed by atoms with Crippen molar-refractivity contribution in [3.8, 4) is 0 Å². The molecular weight excluding hydrogens is 220 g/mol. The number of para-hydroxylation sites is 1. The van der Waals surface area contributed by atoms with Crippen LogP contribution in [-0.4, -0.2) is 23.6 Å². The van der Waals surface area contributed by atoms with Gasteiger partial charge < -0.3 is 9.90 Å². The number of unbranched alkanes of at least 4 members (excludes halogenated alkanes) is 2. The molecular formula is C12H14N2O3. The van der Waals surface area contributed by atoms with E-state index < -0.39 is 5.97 Å². The van der Waals surface area contributed by atoms with Crippen LogP contribution in [-0.2, 0) is 4.79 Å². The molecule has 5 nitrogen and oxygen atoms in total. The van der Waals surface area contributed by atoms with Crippen molar-refractivity contribution in [2.75, 3.05) is 5.43 Å². The highest BCUT2D eigenvalue weighted by Crippen LogP contribution is 2.14. The Hall–Kier alpha value is -2.17. The number of aldehydes is 1. The number of carbonyl (C=O) groups excluding carboxylic acids is 1. The van der Waals surface area contributed by atoms with E-state index >= 15 is 0 Å². The van der Waals surface area contributed by atoms with Gasteiger partial charge in [0.05, 0.1) is 11.3 Å². The molecule has 0 unspecified atom stereocenters. The summed E-state index contributed by atoms with van der Waals surface area (Å²) in [6.07, 6.45) is 4.43. The van der Waals surface area contributed by atoms with Crippen molar-refractivity contribution in [2.45, 2.75) is 19.3 Å². The average molecular weight is 234 g/mol. The Bertz CT molecular complexity index is 416. The van der Waals surface area contributed by atoms with E-state index in [-0.39, 0.29) is 5.56 Å². The van der Waals surface area contributed by atoms with Crippen molar-refractivity contribution in [2.24, 2.45) is 5.10 Å². The summed E-state index contributed by atoms with van der Waals surface area (Å²) in [7, 11) is 0. The molecule has 0 aromatic heterocycles. The van der Waals surface area contributed by atoms with Gasteiger partial charge in [-0.05, 0) is 25.0 Å². The molecule has 0 spiro atoms. The van der Waals surface area contributed by atoms with Gasteiger partial charge in [0, 0.05) is 12.6 Å². The average Bonchev–Trinajstić information content (AvgIpc) is 2.34. The van der Waals surface area contributed by atoms with E-state index in [2.05, 4.69) is 10.5 Å². The van der Waals surface area contributed by atoms with E-state index in [0.717, 1.165) is 12.7 Å². The van der Waals surface area contributed by atoms with E-state index in [1.165, 1.54) is 6.07 Å². The maximum Gasteiger partial charge on any atom is 0.337 e. The number of benzene rings is 1. The van der Waals surface area contributed by atoms with Gasteiger partial charge in [-0.2, -0.15) is 5.10 Å². The number of aromatic carboxylic acids is 1. The number of carboxylic acids is 1. The molecule has 17 heavy (non-hydrogen) atoms. The minimum absolute atomic E-state index is 0.178. The number of nitrogens with zero attached hydrogens (tertiary/aromatic N) is 1. The van der Waals surface area contributed by atoms with Crippen LogP contribution in [0.15, 0.2) is 29.4 Å². The van der Waals surface area contributed by atoms with Crippen LogP contribution in [0.5, 0.6) is 0 Å². The second kappa shape index (κ2) is 7.16. The van der Waals surface area contributed by atoms with Crippen LogP contribution in [0.4, 0.5) is 5.69 Å². The summed E-state index contributed by atoms with van der Waals surface area (Å²) < 4.78 is 0. The second-order valence-electron chi connectivity index (χ2n) is 3.37. The molecule has 1 aromatic carbocycles. The van der Waals surface area contributed by atoms with Crippen LogP contribution in [0.25, 0.3) is 0 Å². The van der Waals surface area contributed by atoms with Crippen LogP contribution >= 0.6 is 0 Å². The molecule has 0 heterocycles. The van der Waals surface area contributed by atoms with Crippen LogP contribution < -0.4 is 5.43 Å². The summed E-state index contributed by atoms with van der Waals surface area (Å²) in [6.45, 7) is 0. The molecule has 90 valence electrons. The lowest BCUT2D eigenvalue weighted by Gasteiger charge is -2.03. The summed E-state index contributed by atoms with van der Waals surface area (Å²) in [6, 6.07) is 6.54. The molecule has 0 saturated carbocycles. The molecule has 0 radical (unpaired) electrons. The van der Waals surface area contributed by atoms with Gasteiger partial charge in [-0.1, -0.05) is 12.1 Å². The van der Waals surface area contributed by atoms with Gasteiger partial charge in [0.25, 0.3) is 0 Å². The first-order chi connectivity index (χ1) is 8.25. The zero-order valence-electron chi connectivity index (χ0n) is 9.30. The summed E-state index contributed by atoms with van der Waals surface area (Å²) in [5, 5.41) is 12.8. The first-order valence-corrected chi connectivity index (χ1v) is 5.29. The monoisotopic (exact) mass is 234 g/mol. The van der Waals surface area contributed by atoms with Gasteiger partial charge in [0.1, 0.15) is 6.29 Å². The molecule has 0 atom stereocenters. The summed E-state index contributed by atoms with van der Waals surface area (Å²) in [4.78, 5) is 20.9. The molecule has 0 aliphatic carbocycles. The largest absolute Gasteiger partial charge is 0.478 e. The number of nitrogens with one attached hydrogen (secondary N) is 1. The van der Waals surface area contributed by atoms with E-state index in [1.807, 2.05) is 0 Å². The topological polar surface area (TPSA) is 78.8 Å². The quantitative estimate of drug-likeness (QED) is 0.328. The number of anilines is 1. The minimum Gasteiger partial charge on any atom is -0.478 e. The van der Waals surface area contributed by atoms with Gasteiger partial charge in [-0.25, -0.2) is 4.79 Å². The number of hydrogen-bond acceptors (Lipinski definition) is 4. The Labute approximate surface area is 99.2 Å². The molecule has 0 aliphatic rings. The first kappa shape index (κ1) is 12.9. The predicted octanol–water partition coefficient (Wildman–Crippen LogP) is 2.15. The maximum absolute atomic E-state index is 10.9. The van der Waals surface area contributed by atoms with Crippen LogP contribution in [0.3, 0.4) is 0 Å². The molecule has 0 amide bonds. The van der Waals surface area contributed by atoms with Crippen molar-refractivity contribution >= 4 is 24.2 Å². The van der Waals surface area contributed by atoms with Crippen LogP contribution in [0.2, 0.25) is 0 Å². The smallest absolute Gasteiger partial charge is 0.337 e. The number of hydrogen-bond donors (Lipinski definition) is 2. The van der Waals surface area contributed by atoms with Gasteiger partial charge in [0.15, 0.2) is 0 Å². The fourth-order valence-electron chi connectivity index (χ4n) is 1.24. The Balaban J connectivity index is 2.51. The summed E-state index contributed by atoms with van der Waals surface area (Å²) in [5.74, 6) is -0.996. The zero-order chi connectivity index (χ0) is 12.5. The lowest BCUT2D eigenvalue weighted by Crippen LogP contribution is -2.01. The number of carbonyl (C=O) groups is 2. The third-order valence-electron chi connectivity index (χ3n) is 2.09. The third kappa shape index (κ3) is 4.46. The highest BCUT2D eigenvalue weighted by atomic mass is 16.4. The standard InChI is InChI=1S/C12H14N2O3/c15-9-5-1-4-8-13-14-11-7-3-2-6-10(11)12(16)17/h2-3,6-9,14H,1,4-5H2,(H,16,17). The zero-order valence-corrected chi connectivity index (χ0v) is 9.30. The van der Waals surface area contributed by atoms with Crippen LogP contribution in [0.1, 0.15) is 29.6 Å². The highest BCUT2D eigenvalue weighted by molar-refractivity contribution is 5.94. The van der Waals surface area contributed by atoms with Crippen molar-refractivity contribution in [1.82, 2.24) is 0 Å². The molecule has 2 N–H and O–H groups in total. The van der Waals surface area contributed by atoms with Gasteiger partial charge in [0.2, 0.25) is 0 Å². The SMILES string of the molecule is O=CCCCC=NNc1ccccc1C(=O)O. The minimum atomic E-state index is -0.996. The number of hydrazone groups is 1. The maximum atomic E-state index is 10.9. The highest BCUT2D eigenvalue weighted by Gasteiger charge is 2.07. The van der Waals surface area contributed by atoms with Gasteiger partial charge in [-0.15, -0.1) is 0 Å². The molecule has 1 aromatic rings. The lowest BCUT2D eigenvalue weighted by molar-refractivity contribution is -0.107. The summed E-state index contributed by atoms with van der Waals surface area (Å²) >= 11 is 0. The van der Waals surface area contributed by atoms with Gasteiger partial charge in [-0.3, -0.25) is 5.43 Å². The Morgan fingerprint density at radius 1 is 1.35 bits per heavy atom. The van der Waals surface area contributed by atoms with E-state index in [0.29, 0.717) is 18.5 Å². The van der Waals surface area contributed by atoms with E-state index in [1.54, 1.807) is 24.4 Å². The molecule has 1 rings (SSSR count). The second-order valence-corrected chi connectivity index (χ2v) is 3.37. The van der Waals surface area contributed by atoms with Gasteiger partial charge >= 0.3 is 5.97 Å². The normalized spacial score (nSPS) is 10.4. The van der Waals surface area contributed by atoms with Crippen molar-refractivity contribution < 1.29 is 14.7 Å². The Morgan fingerprint density at radius 3 is 2.82 bits per heavy atom. The van der Waals surface area contributed by atoms with E-state index in [9.17, 15) is 9.59 Å². The molecule has 0 fully saturated rings. The lowest BCUT2D eigenvalue weighted by atomic mass is 10.2. The molecule has 0 saturated heterocycles. The van der Waals surface area contributed by atoms with Crippen LogP contribution in [0, 0.1) is 0 Å². The van der Waals surface area contributed by atoms with E-state index in [4.69, 9.17) is 5.11 Å². The predicted molar refractivity (Wildman–Crippen MR) is 65.4 cm³/mol. The van der Waals surface area contributed by atoms with Crippen molar-refractivity contribution in [1.29, 1.82) is 0 Å². The van der Waals surface area contributed by atoms with Crippen molar-refractivity contribution in [3.05, 3.63) is 29.8 Å². The Morgan fingerprint density at radius 2 is 2.12 bits per heavy atom. The fourth-order valence-corrected chi connectivity index (χ4v) is 1.24. The number of carboxylic acid groups (broad SMARTS) is 1.